The summed E-state index contributed by atoms with van der Waals surface area (Å²) < 4.78 is 7.34. The molecular formula is C17H19N5O3S. The van der Waals surface area contributed by atoms with Crippen molar-refractivity contribution in [2.45, 2.75) is 37.6 Å². The number of hydrogen-bond acceptors (Lipinski definition) is 6. The molecule has 1 aliphatic rings. The molecular weight excluding hydrogens is 354 g/mol. The first kappa shape index (κ1) is 16.9. The molecule has 1 aromatic carbocycles. The molecule has 2 aromatic heterocycles. The van der Waals surface area contributed by atoms with Gasteiger partial charge in [0, 0.05) is 25.3 Å². The number of imidazole rings is 1. The van der Waals surface area contributed by atoms with Gasteiger partial charge in [0.15, 0.2) is 0 Å². The number of aromatic nitrogens is 4. The number of nitrogens with zero attached hydrogens (tertiary/aromatic N) is 4. The van der Waals surface area contributed by atoms with Crippen molar-refractivity contribution < 1.29 is 9.21 Å². The number of carbonyl (C=O) groups excluding carboxylic acids is 1. The number of carbonyl (C=O) groups is 1. The van der Waals surface area contributed by atoms with Crippen LogP contribution in [-0.4, -0.2) is 42.9 Å². The zero-order valence-corrected chi connectivity index (χ0v) is 15.0. The third kappa shape index (κ3) is 3.52. The van der Waals surface area contributed by atoms with E-state index in [0.29, 0.717) is 30.6 Å². The molecule has 0 unspecified atom stereocenters. The highest BCUT2D eigenvalue weighted by Crippen LogP contribution is 2.20. The number of para-hydroxylation sites is 2. The Hall–Kier alpha value is -2.55. The molecule has 1 N–H and O–H groups in total. The van der Waals surface area contributed by atoms with Crippen LogP contribution in [0.3, 0.4) is 0 Å². The van der Waals surface area contributed by atoms with Crippen LogP contribution in [0.1, 0.15) is 25.2 Å². The molecule has 0 spiro atoms. The van der Waals surface area contributed by atoms with E-state index < -0.39 is 0 Å². The standard InChI is InChI=1S/C17H19N5O3S/c23-15-7-3-8-21(15)11-14-19-20-17(25-14)26-10-4-9-22-13-6-2-1-5-12(13)18-16(22)24/h1-2,5-6H,3-4,7-11H2,(H,18,24). The average Bonchev–Trinajstić information content (AvgIpc) is 3.32. The summed E-state index contributed by atoms with van der Waals surface area (Å²) in [5, 5.41) is 8.52. The fourth-order valence-corrected chi connectivity index (χ4v) is 3.81. The molecule has 1 aliphatic heterocycles. The van der Waals surface area contributed by atoms with Gasteiger partial charge in [-0.2, -0.15) is 0 Å². The van der Waals surface area contributed by atoms with Crippen molar-refractivity contribution in [2.24, 2.45) is 0 Å². The Labute approximate surface area is 153 Å². The number of aromatic amines is 1. The summed E-state index contributed by atoms with van der Waals surface area (Å²) >= 11 is 1.46. The lowest BCUT2D eigenvalue weighted by atomic mass is 10.3. The van der Waals surface area contributed by atoms with Crippen LogP contribution in [0.15, 0.2) is 38.7 Å². The van der Waals surface area contributed by atoms with Gasteiger partial charge in [0.05, 0.1) is 17.6 Å². The van der Waals surface area contributed by atoms with E-state index in [1.54, 1.807) is 9.47 Å². The Morgan fingerprint density at radius 3 is 2.96 bits per heavy atom. The summed E-state index contributed by atoms with van der Waals surface area (Å²) in [6, 6.07) is 7.66. The van der Waals surface area contributed by atoms with Gasteiger partial charge >= 0.3 is 5.69 Å². The predicted octanol–water partition coefficient (Wildman–Crippen LogP) is 2.02. The highest BCUT2D eigenvalue weighted by atomic mass is 32.2. The molecule has 0 radical (unpaired) electrons. The summed E-state index contributed by atoms with van der Waals surface area (Å²) in [5.74, 6) is 1.37. The molecule has 0 saturated carbocycles. The second-order valence-corrected chi connectivity index (χ2v) is 7.23. The largest absolute Gasteiger partial charge is 0.414 e. The summed E-state index contributed by atoms with van der Waals surface area (Å²) in [6.45, 7) is 1.76. The van der Waals surface area contributed by atoms with Gasteiger partial charge in [-0.15, -0.1) is 10.2 Å². The smallest absolute Gasteiger partial charge is 0.326 e. The molecule has 3 heterocycles. The van der Waals surface area contributed by atoms with Gasteiger partial charge in [-0.05, 0) is 25.0 Å². The Bertz CT molecular complexity index is 976. The van der Waals surface area contributed by atoms with Gasteiger partial charge < -0.3 is 14.3 Å². The van der Waals surface area contributed by atoms with Crippen LogP contribution in [0.4, 0.5) is 0 Å². The number of aryl methyl sites for hydroxylation is 1. The zero-order valence-electron chi connectivity index (χ0n) is 14.2. The number of rotatable bonds is 7. The van der Waals surface area contributed by atoms with E-state index in [4.69, 9.17) is 4.42 Å². The molecule has 4 rings (SSSR count). The van der Waals surface area contributed by atoms with Crippen molar-refractivity contribution in [2.75, 3.05) is 12.3 Å². The molecule has 1 saturated heterocycles. The van der Waals surface area contributed by atoms with Crippen LogP contribution in [0.2, 0.25) is 0 Å². The van der Waals surface area contributed by atoms with E-state index in [9.17, 15) is 9.59 Å². The minimum Gasteiger partial charge on any atom is -0.414 e. The van der Waals surface area contributed by atoms with Crippen LogP contribution < -0.4 is 5.69 Å². The summed E-state index contributed by atoms with van der Waals surface area (Å²) in [5.41, 5.74) is 1.67. The molecule has 9 heteroatoms. The highest BCUT2D eigenvalue weighted by Gasteiger charge is 2.22. The van der Waals surface area contributed by atoms with Crippen molar-refractivity contribution >= 4 is 28.7 Å². The quantitative estimate of drug-likeness (QED) is 0.503. The summed E-state index contributed by atoms with van der Waals surface area (Å²) in [4.78, 5) is 28.3. The van der Waals surface area contributed by atoms with E-state index in [-0.39, 0.29) is 11.6 Å². The first-order valence-corrected chi connectivity index (χ1v) is 9.60. The third-order valence-corrected chi connectivity index (χ3v) is 5.28. The molecule has 136 valence electrons. The SMILES string of the molecule is O=C1CCCN1Cc1nnc(SCCCn2c(=O)[nH]c3ccccc32)o1. The van der Waals surface area contributed by atoms with Crippen molar-refractivity contribution in [3.8, 4) is 0 Å². The first-order valence-electron chi connectivity index (χ1n) is 8.61. The summed E-state index contributed by atoms with van der Waals surface area (Å²) in [7, 11) is 0. The van der Waals surface area contributed by atoms with E-state index in [0.717, 1.165) is 36.2 Å². The van der Waals surface area contributed by atoms with Crippen molar-refractivity contribution in [3.63, 3.8) is 0 Å². The molecule has 0 atom stereocenters. The maximum Gasteiger partial charge on any atom is 0.326 e. The highest BCUT2D eigenvalue weighted by molar-refractivity contribution is 7.99. The predicted molar refractivity (Wildman–Crippen MR) is 96.8 cm³/mol. The van der Waals surface area contributed by atoms with Gasteiger partial charge in [0.1, 0.15) is 0 Å². The van der Waals surface area contributed by atoms with Gasteiger partial charge in [-0.1, -0.05) is 23.9 Å². The minimum absolute atomic E-state index is 0.0912. The lowest BCUT2D eigenvalue weighted by Gasteiger charge is -2.11. The van der Waals surface area contributed by atoms with E-state index >= 15 is 0 Å². The number of thioether (sulfide) groups is 1. The van der Waals surface area contributed by atoms with Gasteiger partial charge in [-0.25, -0.2) is 4.79 Å². The van der Waals surface area contributed by atoms with Gasteiger partial charge in [-0.3, -0.25) is 9.36 Å². The molecule has 0 aliphatic carbocycles. The van der Waals surface area contributed by atoms with Gasteiger partial charge in [0.25, 0.3) is 5.22 Å². The molecule has 26 heavy (non-hydrogen) atoms. The number of benzene rings is 1. The molecule has 0 bridgehead atoms. The van der Waals surface area contributed by atoms with Crippen molar-refractivity contribution in [1.29, 1.82) is 0 Å². The second kappa shape index (κ2) is 7.36. The first-order chi connectivity index (χ1) is 12.7. The van der Waals surface area contributed by atoms with Crippen LogP contribution in [-0.2, 0) is 17.9 Å². The molecule has 1 amide bonds. The van der Waals surface area contributed by atoms with Crippen LogP contribution >= 0.6 is 11.8 Å². The van der Waals surface area contributed by atoms with Crippen LogP contribution in [0.25, 0.3) is 11.0 Å². The minimum atomic E-state index is -0.0912. The average molecular weight is 373 g/mol. The zero-order chi connectivity index (χ0) is 17.9. The van der Waals surface area contributed by atoms with Gasteiger partial charge in [0.2, 0.25) is 11.8 Å². The lowest BCUT2D eigenvalue weighted by molar-refractivity contribution is -0.128. The number of H-pyrrole nitrogens is 1. The second-order valence-electron chi connectivity index (χ2n) is 6.18. The fourth-order valence-electron chi connectivity index (χ4n) is 3.11. The number of hydrogen-bond donors (Lipinski definition) is 1. The van der Waals surface area contributed by atoms with Crippen LogP contribution in [0, 0.1) is 0 Å². The lowest BCUT2D eigenvalue weighted by Crippen LogP contribution is -2.23. The summed E-state index contributed by atoms with van der Waals surface area (Å²) in [6.07, 6.45) is 2.29. The third-order valence-electron chi connectivity index (χ3n) is 4.38. The monoisotopic (exact) mass is 373 g/mol. The van der Waals surface area contributed by atoms with E-state index in [1.165, 1.54) is 11.8 Å². The maximum absolute atomic E-state index is 12.0. The Morgan fingerprint density at radius 1 is 1.23 bits per heavy atom. The Balaban J connectivity index is 1.29. The number of fused-ring (bicyclic) bond motifs is 1. The van der Waals surface area contributed by atoms with Crippen molar-refractivity contribution in [1.82, 2.24) is 24.6 Å². The molecule has 1 fully saturated rings. The topological polar surface area (TPSA) is 97.0 Å². The number of nitrogens with one attached hydrogen (secondary N) is 1. The Kier molecular flexibility index (Phi) is 4.79. The normalized spacial score (nSPS) is 14.6. The number of likely N-dealkylation sites (tertiary alicyclic amines) is 1. The fraction of sp³-hybridized carbons (Fsp3) is 0.412. The molecule has 3 aromatic rings. The van der Waals surface area contributed by atoms with Crippen molar-refractivity contribution in [3.05, 3.63) is 40.6 Å². The van der Waals surface area contributed by atoms with E-state index in [1.807, 2.05) is 24.3 Å². The Morgan fingerprint density at radius 2 is 2.12 bits per heavy atom. The molecule has 8 nitrogen and oxygen atoms in total. The van der Waals surface area contributed by atoms with Crippen LogP contribution in [0.5, 0.6) is 0 Å². The van der Waals surface area contributed by atoms with E-state index in [2.05, 4.69) is 15.2 Å². The maximum atomic E-state index is 12.0. The number of amides is 1.